The van der Waals surface area contributed by atoms with Crippen molar-refractivity contribution in [3.8, 4) is 0 Å². The van der Waals surface area contributed by atoms with Crippen LogP contribution < -0.4 is 0 Å². The van der Waals surface area contributed by atoms with Crippen molar-refractivity contribution in [3.05, 3.63) is 60.0 Å². The number of aryl methyl sites for hydroxylation is 1. The summed E-state index contributed by atoms with van der Waals surface area (Å²) in [5.41, 5.74) is 2.65. The van der Waals surface area contributed by atoms with E-state index in [1.807, 2.05) is 53.6 Å². The molecule has 1 atom stereocenters. The minimum Gasteiger partial charge on any atom is -0.338 e. The molecule has 1 amide bonds. The number of carbonyl (C=O) groups is 1. The molecule has 0 spiro atoms. The second-order valence-electron chi connectivity index (χ2n) is 6.57. The predicted octanol–water partition coefficient (Wildman–Crippen LogP) is 3.47. The lowest BCUT2D eigenvalue weighted by Gasteiger charge is -2.17. The van der Waals surface area contributed by atoms with Gasteiger partial charge in [0.1, 0.15) is 11.3 Å². The molecule has 128 valence electrons. The summed E-state index contributed by atoms with van der Waals surface area (Å²) in [4.78, 5) is 24.0. The molecule has 5 nitrogen and oxygen atoms in total. The minimum atomic E-state index is 0.111. The minimum absolute atomic E-state index is 0.111. The van der Waals surface area contributed by atoms with Crippen LogP contribution in [0.15, 0.2) is 48.7 Å². The van der Waals surface area contributed by atoms with Crippen molar-refractivity contribution < 1.29 is 4.79 Å². The van der Waals surface area contributed by atoms with E-state index >= 15 is 0 Å². The van der Waals surface area contributed by atoms with Crippen LogP contribution in [0.2, 0.25) is 0 Å². The zero-order valence-corrected chi connectivity index (χ0v) is 14.4. The lowest BCUT2D eigenvalue weighted by molar-refractivity contribution is 0.0790. The highest BCUT2D eigenvalue weighted by Gasteiger charge is 2.31. The van der Waals surface area contributed by atoms with Crippen LogP contribution in [0, 0.1) is 0 Å². The van der Waals surface area contributed by atoms with Crippen LogP contribution in [0.5, 0.6) is 0 Å². The molecule has 3 aromatic rings. The number of carbonyl (C=O) groups excluding carboxylic acids is 1. The number of hydrogen-bond donors (Lipinski definition) is 0. The summed E-state index contributed by atoms with van der Waals surface area (Å²) in [5, 5.41) is 0. The molecule has 5 heteroatoms. The molecule has 1 aliphatic heterocycles. The zero-order valence-electron chi connectivity index (χ0n) is 14.4. The maximum atomic E-state index is 12.7. The van der Waals surface area contributed by atoms with Gasteiger partial charge in [0.05, 0.1) is 0 Å². The molecular weight excluding hydrogens is 312 g/mol. The number of pyridine rings is 1. The summed E-state index contributed by atoms with van der Waals surface area (Å²) in [6, 6.07) is 13.5. The van der Waals surface area contributed by atoms with Crippen LogP contribution in [0.25, 0.3) is 11.2 Å². The van der Waals surface area contributed by atoms with Gasteiger partial charge in [-0.2, -0.15) is 0 Å². The topological polar surface area (TPSA) is 51.0 Å². The number of fused-ring (bicyclic) bond motifs is 1. The molecule has 0 aliphatic carbocycles. The van der Waals surface area contributed by atoms with E-state index < -0.39 is 0 Å². The van der Waals surface area contributed by atoms with E-state index in [4.69, 9.17) is 4.98 Å². The van der Waals surface area contributed by atoms with Crippen molar-refractivity contribution >= 4 is 17.1 Å². The largest absolute Gasteiger partial charge is 0.338 e. The molecule has 0 bridgehead atoms. The quantitative estimate of drug-likeness (QED) is 0.734. The molecule has 1 saturated heterocycles. The van der Waals surface area contributed by atoms with E-state index in [1.165, 1.54) is 0 Å². The fourth-order valence-corrected chi connectivity index (χ4v) is 3.65. The van der Waals surface area contributed by atoms with Crippen LogP contribution in [-0.4, -0.2) is 38.4 Å². The first-order chi connectivity index (χ1) is 12.3. The molecule has 0 unspecified atom stereocenters. The van der Waals surface area contributed by atoms with Crippen LogP contribution in [0.3, 0.4) is 0 Å². The molecule has 0 saturated carbocycles. The van der Waals surface area contributed by atoms with Crippen molar-refractivity contribution in [2.75, 3.05) is 13.1 Å². The Morgan fingerprint density at radius 3 is 2.84 bits per heavy atom. The highest BCUT2D eigenvalue weighted by atomic mass is 16.2. The highest BCUT2D eigenvalue weighted by molar-refractivity contribution is 5.94. The van der Waals surface area contributed by atoms with Gasteiger partial charge >= 0.3 is 0 Å². The SMILES string of the molecule is CCCn1c([C@@H]2CCN(C(=O)c3ccccc3)C2)nc2cccnc21. The van der Waals surface area contributed by atoms with E-state index in [2.05, 4.69) is 16.5 Å². The van der Waals surface area contributed by atoms with Crippen molar-refractivity contribution in [2.24, 2.45) is 0 Å². The lowest BCUT2D eigenvalue weighted by atomic mass is 10.1. The van der Waals surface area contributed by atoms with Crippen molar-refractivity contribution in [3.63, 3.8) is 0 Å². The smallest absolute Gasteiger partial charge is 0.253 e. The number of benzene rings is 1. The van der Waals surface area contributed by atoms with Gasteiger partial charge in [-0.05, 0) is 37.1 Å². The second-order valence-corrected chi connectivity index (χ2v) is 6.57. The Balaban J connectivity index is 1.60. The Morgan fingerprint density at radius 2 is 2.04 bits per heavy atom. The predicted molar refractivity (Wildman–Crippen MR) is 97.5 cm³/mol. The monoisotopic (exact) mass is 334 g/mol. The third kappa shape index (κ3) is 2.90. The van der Waals surface area contributed by atoms with Crippen LogP contribution in [0.1, 0.15) is 41.9 Å². The third-order valence-corrected chi connectivity index (χ3v) is 4.84. The molecule has 4 rings (SSSR count). The average molecular weight is 334 g/mol. The van der Waals surface area contributed by atoms with Crippen molar-refractivity contribution in [1.82, 2.24) is 19.4 Å². The van der Waals surface area contributed by atoms with Gasteiger partial charge in [0.2, 0.25) is 0 Å². The van der Waals surface area contributed by atoms with Gasteiger partial charge in [0, 0.05) is 37.3 Å². The Bertz CT molecular complexity index is 887. The summed E-state index contributed by atoms with van der Waals surface area (Å²) >= 11 is 0. The van der Waals surface area contributed by atoms with Gasteiger partial charge in [-0.3, -0.25) is 4.79 Å². The second kappa shape index (κ2) is 6.67. The first-order valence-electron chi connectivity index (χ1n) is 8.93. The number of hydrogen-bond acceptors (Lipinski definition) is 3. The molecule has 1 aliphatic rings. The average Bonchev–Trinajstić information content (AvgIpc) is 3.27. The maximum absolute atomic E-state index is 12.7. The molecule has 1 aromatic carbocycles. The van der Waals surface area contributed by atoms with Crippen molar-refractivity contribution in [1.29, 1.82) is 0 Å². The number of aromatic nitrogens is 3. The summed E-state index contributed by atoms with van der Waals surface area (Å²) < 4.78 is 2.23. The normalized spacial score (nSPS) is 17.3. The Kier molecular flexibility index (Phi) is 4.22. The molecule has 1 fully saturated rings. The Labute approximate surface area is 147 Å². The molecule has 0 N–H and O–H groups in total. The molecule has 3 heterocycles. The molecular formula is C20H22N4O. The summed E-state index contributed by atoms with van der Waals surface area (Å²) in [5.74, 6) is 1.45. The summed E-state index contributed by atoms with van der Waals surface area (Å²) in [6.45, 7) is 4.58. The standard InChI is InChI=1S/C20H22N4O/c1-2-12-24-18(22-17-9-6-11-21-19(17)24)16-10-13-23(14-16)20(25)15-7-4-3-5-8-15/h3-9,11,16H,2,10,12-14H2,1H3/t16-/m1/s1. The van der Waals surface area contributed by atoms with Gasteiger partial charge in [-0.15, -0.1) is 0 Å². The number of nitrogens with zero attached hydrogens (tertiary/aromatic N) is 4. The van der Waals surface area contributed by atoms with E-state index in [0.29, 0.717) is 0 Å². The van der Waals surface area contributed by atoms with Gasteiger partial charge < -0.3 is 9.47 Å². The summed E-state index contributed by atoms with van der Waals surface area (Å²) in [7, 11) is 0. The van der Waals surface area contributed by atoms with Gasteiger partial charge in [-0.1, -0.05) is 25.1 Å². The van der Waals surface area contributed by atoms with E-state index in [0.717, 1.165) is 55.0 Å². The molecule has 2 aromatic heterocycles. The van der Waals surface area contributed by atoms with Crippen LogP contribution in [0.4, 0.5) is 0 Å². The van der Waals surface area contributed by atoms with E-state index in [-0.39, 0.29) is 11.8 Å². The maximum Gasteiger partial charge on any atom is 0.253 e. The number of amides is 1. The Morgan fingerprint density at radius 1 is 1.20 bits per heavy atom. The van der Waals surface area contributed by atoms with Gasteiger partial charge in [0.15, 0.2) is 5.65 Å². The Hall–Kier alpha value is -2.69. The van der Waals surface area contributed by atoms with E-state index in [9.17, 15) is 4.79 Å². The van der Waals surface area contributed by atoms with Crippen LogP contribution in [-0.2, 0) is 6.54 Å². The van der Waals surface area contributed by atoms with Gasteiger partial charge in [0.25, 0.3) is 5.91 Å². The number of imidazole rings is 1. The fourth-order valence-electron chi connectivity index (χ4n) is 3.65. The van der Waals surface area contributed by atoms with E-state index in [1.54, 1.807) is 0 Å². The lowest BCUT2D eigenvalue weighted by Crippen LogP contribution is -2.28. The fraction of sp³-hybridized carbons (Fsp3) is 0.350. The third-order valence-electron chi connectivity index (χ3n) is 4.84. The van der Waals surface area contributed by atoms with Gasteiger partial charge in [-0.25, -0.2) is 9.97 Å². The first kappa shape index (κ1) is 15.8. The number of likely N-dealkylation sites (tertiary alicyclic amines) is 1. The molecule has 25 heavy (non-hydrogen) atoms. The van der Waals surface area contributed by atoms with Crippen molar-refractivity contribution in [2.45, 2.75) is 32.2 Å². The summed E-state index contributed by atoms with van der Waals surface area (Å²) in [6.07, 6.45) is 3.81. The first-order valence-corrected chi connectivity index (χ1v) is 8.93. The van der Waals surface area contributed by atoms with Crippen LogP contribution >= 0.6 is 0 Å². The molecule has 0 radical (unpaired) electrons. The number of rotatable bonds is 4. The highest BCUT2D eigenvalue weighted by Crippen LogP contribution is 2.30. The zero-order chi connectivity index (χ0) is 17.2.